The molecule has 4 heteroatoms. The van der Waals surface area contributed by atoms with Crippen molar-refractivity contribution in [2.45, 2.75) is 0 Å². The minimum Gasteiger partial charge on any atom is -0.309 e. The second kappa shape index (κ2) is 10.8. The first-order valence-electron chi connectivity index (χ1n) is 16.6. The van der Waals surface area contributed by atoms with Crippen LogP contribution in [0.2, 0.25) is 0 Å². The Hall–Kier alpha value is -6.02. The van der Waals surface area contributed by atoms with Crippen LogP contribution in [-0.2, 0) is 4.57 Å². The van der Waals surface area contributed by atoms with Gasteiger partial charge in [0.05, 0.1) is 16.6 Å². The van der Waals surface area contributed by atoms with E-state index in [4.69, 9.17) is 4.98 Å². The van der Waals surface area contributed by atoms with Gasteiger partial charge >= 0.3 is 0 Å². The maximum atomic E-state index is 15.5. The molecular formula is C45H29N2OP. The molecule has 230 valence electrons. The van der Waals surface area contributed by atoms with E-state index in [1.165, 1.54) is 21.5 Å². The Balaban J connectivity index is 1.27. The summed E-state index contributed by atoms with van der Waals surface area (Å²) in [6, 6.07) is 60.8. The van der Waals surface area contributed by atoms with Crippen molar-refractivity contribution in [2.75, 3.05) is 0 Å². The fourth-order valence-electron chi connectivity index (χ4n) is 7.79. The topological polar surface area (TPSA) is 34.4 Å². The molecule has 3 nitrogen and oxygen atoms in total. The molecule has 0 spiro atoms. The molecule has 2 heterocycles. The van der Waals surface area contributed by atoms with Gasteiger partial charge in [0.2, 0.25) is 0 Å². The predicted molar refractivity (Wildman–Crippen MR) is 208 cm³/mol. The average molecular weight is 645 g/mol. The predicted octanol–water partition coefficient (Wildman–Crippen LogP) is 10.4. The molecule has 2 aromatic heterocycles. The first-order chi connectivity index (χ1) is 24.2. The lowest BCUT2D eigenvalue weighted by Crippen LogP contribution is -2.25. The summed E-state index contributed by atoms with van der Waals surface area (Å²) in [6.45, 7) is 0. The Morgan fingerprint density at radius 3 is 1.84 bits per heavy atom. The Bertz CT molecular complexity index is 2920. The van der Waals surface area contributed by atoms with Crippen molar-refractivity contribution in [1.29, 1.82) is 0 Å². The maximum absolute atomic E-state index is 15.5. The third kappa shape index (κ3) is 4.10. The largest absolute Gasteiger partial charge is 0.309 e. The van der Waals surface area contributed by atoms with Gasteiger partial charge < -0.3 is 4.57 Å². The Morgan fingerprint density at radius 2 is 1.08 bits per heavy atom. The molecule has 0 aliphatic rings. The van der Waals surface area contributed by atoms with Crippen molar-refractivity contribution in [3.05, 3.63) is 176 Å². The number of hydrogen-bond acceptors (Lipinski definition) is 2. The quantitative estimate of drug-likeness (QED) is 0.141. The van der Waals surface area contributed by atoms with Crippen LogP contribution in [0, 0.1) is 0 Å². The molecular weight excluding hydrogens is 615 g/mol. The van der Waals surface area contributed by atoms with Crippen LogP contribution in [0.5, 0.6) is 0 Å². The zero-order valence-corrected chi connectivity index (χ0v) is 27.4. The molecule has 0 N–H and O–H groups in total. The van der Waals surface area contributed by atoms with Crippen molar-refractivity contribution < 1.29 is 4.57 Å². The standard InChI is InChI=1S/C45H29N2OP/c48-49(32-13-3-1-4-14-32,33-15-5-2-6-16-33)43-28-27-34(35-17-7-9-19-37(35)43)31-24-23-30-25-26-38-36-18-8-10-20-39(36)45-46-41-21-11-12-22-42(41)47(45)44(38)40(30)29-31/h1-29H. The zero-order chi connectivity index (χ0) is 32.5. The average Bonchev–Trinajstić information content (AvgIpc) is 3.57. The van der Waals surface area contributed by atoms with Crippen LogP contribution in [0.15, 0.2) is 176 Å². The molecule has 0 atom stereocenters. The Kier molecular flexibility index (Phi) is 6.15. The molecule has 8 aromatic carbocycles. The first-order valence-corrected chi connectivity index (χ1v) is 18.3. The number of aromatic nitrogens is 2. The number of fused-ring (bicyclic) bond motifs is 11. The molecule has 0 saturated carbocycles. The zero-order valence-electron chi connectivity index (χ0n) is 26.5. The summed E-state index contributed by atoms with van der Waals surface area (Å²) in [7, 11) is -3.18. The fourth-order valence-corrected chi connectivity index (χ4v) is 10.6. The third-order valence-corrected chi connectivity index (χ3v) is 13.1. The van der Waals surface area contributed by atoms with Gasteiger partial charge in [0, 0.05) is 32.1 Å². The second-order valence-electron chi connectivity index (χ2n) is 12.7. The highest BCUT2D eigenvalue weighted by Gasteiger charge is 2.31. The van der Waals surface area contributed by atoms with Crippen molar-refractivity contribution in [3.8, 4) is 11.1 Å². The number of hydrogen-bond donors (Lipinski definition) is 0. The molecule has 0 amide bonds. The van der Waals surface area contributed by atoms with E-state index in [1.54, 1.807) is 0 Å². The van der Waals surface area contributed by atoms with Crippen LogP contribution in [0.4, 0.5) is 0 Å². The molecule has 0 aliphatic heterocycles. The normalized spacial score (nSPS) is 12.2. The van der Waals surface area contributed by atoms with Crippen molar-refractivity contribution in [2.24, 2.45) is 0 Å². The van der Waals surface area contributed by atoms with Gasteiger partial charge in [0.1, 0.15) is 5.65 Å². The molecule has 0 saturated heterocycles. The molecule has 10 rings (SSSR count). The van der Waals surface area contributed by atoms with Crippen molar-refractivity contribution in [1.82, 2.24) is 9.38 Å². The molecule has 0 unspecified atom stereocenters. The Labute approximate surface area is 283 Å². The van der Waals surface area contributed by atoms with Crippen LogP contribution < -0.4 is 15.9 Å². The lowest BCUT2D eigenvalue weighted by Gasteiger charge is -2.23. The number of imidazole rings is 1. The fraction of sp³-hybridized carbons (Fsp3) is 0. The highest BCUT2D eigenvalue weighted by molar-refractivity contribution is 7.85. The van der Waals surface area contributed by atoms with Gasteiger partial charge in [-0.25, -0.2) is 4.98 Å². The van der Waals surface area contributed by atoms with E-state index in [0.29, 0.717) is 0 Å². The van der Waals surface area contributed by atoms with Crippen molar-refractivity contribution in [3.63, 3.8) is 0 Å². The van der Waals surface area contributed by atoms with Crippen LogP contribution in [-0.4, -0.2) is 9.38 Å². The molecule has 49 heavy (non-hydrogen) atoms. The lowest BCUT2D eigenvalue weighted by molar-refractivity contribution is 0.592. The summed E-state index contributed by atoms with van der Waals surface area (Å²) >= 11 is 0. The summed E-state index contributed by atoms with van der Waals surface area (Å²) in [5, 5.41) is 10.5. The van der Waals surface area contributed by atoms with Crippen LogP contribution in [0.3, 0.4) is 0 Å². The van der Waals surface area contributed by atoms with E-state index in [2.05, 4.69) is 120 Å². The van der Waals surface area contributed by atoms with Gasteiger partial charge in [0.25, 0.3) is 0 Å². The highest BCUT2D eigenvalue weighted by atomic mass is 31.2. The third-order valence-electron chi connectivity index (χ3n) is 10.0. The summed E-state index contributed by atoms with van der Waals surface area (Å²) in [6.07, 6.45) is 0. The number of para-hydroxylation sites is 2. The van der Waals surface area contributed by atoms with Crippen LogP contribution >= 0.6 is 7.14 Å². The van der Waals surface area contributed by atoms with Crippen LogP contribution in [0.25, 0.3) is 71.0 Å². The molecule has 0 fully saturated rings. The van der Waals surface area contributed by atoms with E-state index in [1.807, 2.05) is 60.7 Å². The van der Waals surface area contributed by atoms with Crippen LogP contribution in [0.1, 0.15) is 0 Å². The smallest absolute Gasteiger partial charge is 0.171 e. The molecule has 0 aliphatic carbocycles. The van der Waals surface area contributed by atoms with E-state index in [0.717, 1.165) is 65.4 Å². The SMILES string of the molecule is O=P(c1ccccc1)(c1ccccc1)c1ccc(-c2ccc3ccc4c5ccccc5c5nc6ccccc6n5c4c3c2)c2ccccc12. The number of pyridine rings is 1. The van der Waals surface area contributed by atoms with Gasteiger partial charge in [-0.15, -0.1) is 0 Å². The lowest BCUT2D eigenvalue weighted by atomic mass is 9.94. The highest BCUT2D eigenvalue weighted by Crippen LogP contribution is 2.46. The summed E-state index contributed by atoms with van der Waals surface area (Å²) < 4.78 is 17.8. The number of benzene rings is 8. The van der Waals surface area contributed by atoms with Gasteiger partial charge in [-0.1, -0.05) is 152 Å². The van der Waals surface area contributed by atoms with Gasteiger partial charge in [-0.3, -0.25) is 4.40 Å². The van der Waals surface area contributed by atoms with Gasteiger partial charge in [-0.2, -0.15) is 0 Å². The number of nitrogens with zero attached hydrogens (tertiary/aromatic N) is 2. The first kappa shape index (κ1) is 28.0. The van der Waals surface area contributed by atoms with E-state index in [9.17, 15) is 0 Å². The summed E-state index contributed by atoms with van der Waals surface area (Å²) in [5.74, 6) is 0. The van der Waals surface area contributed by atoms with Gasteiger partial charge in [0.15, 0.2) is 7.14 Å². The summed E-state index contributed by atoms with van der Waals surface area (Å²) in [4.78, 5) is 5.14. The number of rotatable bonds is 4. The monoisotopic (exact) mass is 644 g/mol. The maximum Gasteiger partial charge on any atom is 0.171 e. The van der Waals surface area contributed by atoms with Crippen molar-refractivity contribution >= 4 is 83.0 Å². The van der Waals surface area contributed by atoms with E-state index >= 15 is 4.57 Å². The minimum absolute atomic E-state index is 0.833. The Morgan fingerprint density at radius 1 is 0.469 bits per heavy atom. The second-order valence-corrected chi connectivity index (χ2v) is 15.4. The molecule has 10 aromatic rings. The summed E-state index contributed by atoms with van der Waals surface area (Å²) in [5.41, 5.74) is 6.42. The molecule has 0 bridgehead atoms. The van der Waals surface area contributed by atoms with E-state index in [-0.39, 0.29) is 0 Å². The van der Waals surface area contributed by atoms with E-state index < -0.39 is 7.14 Å². The minimum atomic E-state index is -3.18. The van der Waals surface area contributed by atoms with Gasteiger partial charge in [-0.05, 0) is 56.9 Å². The molecule has 0 radical (unpaired) electrons.